The number of nitrogens with zero attached hydrogens (tertiary/aromatic N) is 2. The number of carbonyl (C=O) groups excluding carboxylic acids is 2. The molecule has 0 bridgehead atoms. The molecule has 0 aromatic rings. The van der Waals surface area contributed by atoms with Crippen LogP contribution in [0.15, 0.2) is 24.3 Å². The van der Waals surface area contributed by atoms with Crippen LogP contribution in [0.4, 0.5) is 9.59 Å². The van der Waals surface area contributed by atoms with E-state index >= 15 is 0 Å². The minimum absolute atomic E-state index is 0.285. The summed E-state index contributed by atoms with van der Waals surface area (Å²) in [4.78, 5) is 26.3. The maximum Gasteiger partial charge on any atom is 0.410 e. The smallest absolute Gasteiger partial charge is 0.410 e. The third-order valence-electron chi connectivity index (χ3n) is 4.44. The van der Waals surface area contributed by atoms with Crippen LogP contribution in [0.25, 0.3) is 0 Å². The number of amides is 2. The molecule has 2 aliphatic rings. The van der Waals surface area contributed by atoms with Gasteiger partial charge in [0.15, 0.2) is 0 Å². The molecule has 8 heteroatoms. The molecule has 30 heavy (non-hydrogen) atoms. The van der Waals surface area contributed by atoms with Gasteiger partial charge in [0.05, 0.1) is 25.3 Å². The van der Waals surface area contributed by atoms with Gasteiger partial charge in [0, 0.05) is 13.1 Å². The van der Waals surface area contributed by atoms with Gasteiger partial charge in [-0.05, 0) is 65.5 Å². The van der Waals surface area contributed by atoms with E-state index in [-0.39, 0.29) is 25.3 Å². The highest BCUT2D eigenvalue weighted by molar-refractivity contribution is 5.69. The highest BCUT2D eigenvalue weighted by atomic mass is 16.6. The summed E-state index contributed by atoms with van der Waals surface area (Å²) in [5, 5.41) is 19.1. The SMILES string of the molecule is C=C1CCN(C(=O)OC(C)(C)C)CC1O.C=C1CCN(C(=O)OC(C)(C)C)C[C@H]1O. The fourth-order valence-corrected chi connectivity index (χ4v) is 2.73. The van der Waals surface area contributed by atoms with Crippen LogP contribution in [0.3, 0.4) is 0 Å². The van der Waals surface area contributed by atoms with Crippen molar-refractivity contribution < 1.29 is 29.3 Å². The van der Waals surface area contributed by atoms with Crippen molar-refractivity contribution in [3.63, 3.8) is 0 Å². The van der Waals surface area contributed by atoms with E-state index in [4.69, 9.17) is 9.47 Å². The van der Waals surface area contributed by atoms with Gasteiger partial charge >= 0.3 is 12.2 Å². The molecule has 2 aliphatic heterocycles. The summed E-state index contributed by atoms with van der Waals surface area (Å²) in [6.07, 6.45) is -0.693. The summed E-state index contributed by atoms with van der Waals surface area (Å²) < 4.78 is 10.4. The number of hydrogen-bond acceptors (Lipinski definition) is 6. The first-order valence-corrected chi connectivity index (χ1v) is 10.3. The molecule has 0 spiro atoms. The summed E-state index contributed by atoms with van der Waals surface area (Å²) in [5.74, 6) is 0. The summed E-state index contributed by atoms with van der Waals surface area (Å²) in [6.45, 7) is 20.1. The molecule has 0 aromatic heterocycles. The number of hydrogen-bond donors (Lipinski definition) is 2. The zero-order valence-electron chi connectivity index (χ0n) is 19.2. The Labute approximate surface area is 180 Å². The van der Waals surface area contributed by atoms with E-state index in [0.29, 0.717) is 25.9 Å². The van der Waals surface area contributed by atoms with Gasteiger partial charge in [-0.15, -0.1) is 0 Å². The average molecular weight is 427 g/mol. The zero-order valence-corrected chi connectivity index (χ0v) is 19.2. The number of aliphatic hydroxyl groups excluding tert-OH is 2. The van der Waals surface area contributed by atoms with Crippen molar-refractivity contribution in [2.75, 3.05) is 26.2 Å². The molecular formula is C22H38N2O6. The van der Waals surface area contributed by atoms with Crippen molar-refractivity contribution >= 4 is 12.2 Å². The number of rotatable bonds is 0. The maximum atomic E-state index is 11.6. The molecule has 2 saturated heterocycles. The molecule has 2 rings (SSSR count). The third-order valence-corrected chi connectivity index (χ3v) is 4.44. The van der Waals surface area contributed by atoms with E-state index < -0.39 is 23.4 Å². The average Bonchev–Trinajstić information content (AvgIpc) is 2.57. The molecule has 2 N–H and O–H groups in total. The van der Waals surface area contributed by atoms with Gasteiger partial charge in [0.25, 0.3) is 0 Å². The second-order valence-electron chi connectivity index (χ2n) is 9.70. The molecule has 8 nitrogen and oxygen atoms in total. The molecule has 1 unspecified atom stereocenters. The van der Waals surface area contributed by atoms with Crippen LogP contribution >= 0.6 is 0 Å². The van der Waals surface area contributed by atoms with E-state index in [1.54, 1.807) is 0 Å². The molecule has 2 amide bonds. The lowest BCUT2D eigenvalue weighted by Gasteiger charge is -2.33. The Balaban J connectivity index is 0.000000300. The van der Waals surface area contributed by atoms with Gasteiger partial charge in [-0.2, -0.15) is 0 Å². The highest BCUT2D eigenvalue weighted by Gasteiger charge is 2.29. The van der Waals surface area contributed by atoms with Gasteiger partial charge in [0.2, 0.25) is 0 Å². The Morgan fingerprint density at radius 1 is 0.800 bits per heavy atom. The summed E-state index contributed by atoms with van der Waals surface area (Å²) in [7, 11) is 0. The number of carbonyl (C=O) groups is 2. The van der Waals surface area contributed by atoms with Crippen LogP contribution in [0, 0.1) is 0 Å². The van der Waals surface area contributed by atoms with Gasteiger partial charge in [0.1, 0.15) is 11.2 Å². The van der Waals surface area contributed by atoms with Crippen LogP contribution in [0.1, 0.15) is 54.4 Å². The van der Waals surface area contributed by atoms with E-state index in [1.165, 1.54) is 9.80 Å². The number of ether oxygens (including phenoxy) is 2. The van der Waals surface area contributed by atoms with Gasteiger partial charge in [-0.25, -0.2) is 9.59 Å². The van der Waals surface area contributed by atoms with Crippen molar-refractivity contribution in [2.24, 2.45) is 0 Å². The molecule has 0 radical (unpaired) electrons. The molecule has 0 aliphatic carbocycles. The molecule has 2 fully saturated rings. The Morgan fingerprint density at radius 2 is 1.10 bits per heavy atom. The molecule has 2 heterocycles. The summed E-state index contributed by atoms with van der Waals surface area (Å²) >= 11 is 0. The molecule has 0 saturated carbocycles. The second kappa shape index (κ2) is 10.3. The van der Waals surface area contributed by atoms with Crippen molar-refractivity contribution in [2.45, 2.75) is 77.8 Å². The Morgan fingerprint density at radius 3 is 1.33 bits per heavy atom. The Kier molecular flexibility index (Phi) is 8.92. The lowest BCUT2D eigenvalue weighted by atomic mass is 10.0. The lowest BCUT2D eigenvalue weighted by Crippen LogP contribution is -2.45. The predicted molar refractivity (Wildman–Crippen MR) is 115 cm³/mol. The van der Waals surface area contributed by atoms with E-state index in [0.717, 1.165) is 11.1 Å². The topological polar surface area (TPSA) is 99.5 Å². The first-order chi connectivity index (χ1) is 13.6. The first-order valence-electron chi connectivity index (χ1n) is 10.3. The lowest BCUT2D eigenvalue weighted by molar-refractivity contribution is 0.0119. The van der Waals surface area contributed by atoms with Crippen LogP contribution in [0.5, 0.6) is 0 Å². The minimum Gasteiger partial charge on any atom is -0.444 e. The number of likely N-dealkylation sites (tertiary alicyclic amines) is 2. The minimum atomic E-state index is -0.619. The molecular weight excluding hydrogens is 388 g/mol. The summed E-state index contributed by atoms with van der Waals surface area (Å²) in [5.41, 5.74) is 0.595. The zero-order chi connectivity index (χ0) is 23.3. The van der Waals surface area contributed by atoms with Crippen molar-refractivity contribution in [1.29, 1.82) is 0 Å². The quantitative estimate of drug-likeness (QED) is 0.578. The van der Waals surface area contributed by atoms with Gasteiger partial charge in [-0.3, -0.25) is 0 Å². The van der Waals surface area contributed by atoms with E-state index in [9.17, 15) is 19.8 Å². The molecule has 2 atom stereocenters. The Hall–Kier alpha value is -2.06. The number of aliphatic hydroxyl groups is 2. The largest absolute Gasteiger partial charge is 0.444 e. The van der Waals surface area contributed by atoms with E-state index in [1.807, 2.05) is 41.5 Å². The number of piperidine rings is 2. The number of β-amino-alcohol motifs (C(OH)–C–C–N with tert-alkyl or cyclic N) is 2. The second-order valence-corrected chi connectivity index (χ2v) is 9.70. The van der Waals surface area contributed by atoms with Crippen molar-refractivity contribution in [3.05, 3.63) is 24.3 Å². The standard InChI is InChI=1S/2C11H19NO3/c2*1-8-5-6-12(7-9(8)13)10(14)15-11(2,3)4/h2*9,13H,1,5-7H2,2-4H3/t9-;/m1./s1. The van der Waals surface area contributed by atoms with Crippen LogP contribution < -0.4 is 0 Å². The van der Waals surface area contributed by atoms with Crippen LogP contribution in [-0.4, -0.2) is 81.8 Å². The first kappa shape index (κ1) is 26.0. The predicted octanol–water partition coefficient (Wildman–Crippen LogP) is 3.09. The fourth-order valence-electron chi connectivity index (χ4n) is 2.73. The van der Waals surface area contributed by atoms with Crippen LogP contribution in [0.2, 0.25) is 0 Å². The monoisotopic (exact) mass is 426 g/mol. The maximum absolute atomic E-state index is 11.6. The summed E-state index contributed by atoms with van der Waals surface area (Å²) in [6, 6.07) is 0. The van der Waals surface area contributed by atoms with Crippen LogP contribution in [-0.2, 0) is 9.47 Å². The molecule has 172 valence electrons. The van der Waals surface area contributed by atoms with Crippen molar-refractivity contribution in [1.82, 2.24) is 9.80 Å². The highest BCUT2D eigenvalue weighted by Crippen LogP contribution is 2.19. The van der Waals surface area contributed by atoms with E-state index in [2.05, 4.69) is 13.2 Å². The fraction of sp³-hybridized carbons (Fsp3) is 0.727. The van der Waals surface area contributed by atoms with Gasteiger partial charge in [-0.1, -0.05) is 13.2 Å². The molecule has 0 aromatic carbocycles. The van der Waals surface area contributed by atoms with Crippen molar-refractivity contribution in [3.8, 4) is 0 Å². The normalized spacial score (nSPS) is 22.8. The third kappa shape index (κ3) is 9.17. The Bertz CT molecular complexity index is 591. The van der Waals surface area contributed by atoms with Gasteiger partial charge < -0.3 is 29.5 Å².